The van der Waals surface area contributed by atoms with E-state index in [1.54, 1.807) is 6.21 Å². The second-order valence-electron chi connectivity index (χ2n) is 5.77. The zero-order valence-corrected chi connectivity index (χ0v) is 12.7. The Morgan fingerprint density at radius 3 is 2.25 bits per heavy atom. The Bertz CT molecular complexity index is 848. The lowest BCUT2D eigenvalue weighted by atomic mass is 10.0. The Kier molecular flexibility index (Phi) is 2.88. The molecule has 0 amide bonds. The summed E-state index contributed by atoms with van der Waals surface area (Å²) in [5.41, 5.74) is 2.82. The molecule has 3 aliphatic rings. The molecule has 0 radical (unpaired) electrons. The second-order valence-corrected chi connectivity index (χ2v) is 5.77. The fourth-order valence-corrected chi connectivity index (χ4v) is 3.18. The van der Waals surface area contributed by atoms with Gasteiger partial charge >= 0.3 is 0 Å². The van der Waals surface area contributed by atoms with Crippen LogP contribution < -0.4 is 0 Å². The van der Waals surface area contributed by atoms with Gasteiger partial charge in [0.2, 0.25) is 12.5 Å². The van der Waals surface area contributed by atoms with Crippen molar-refractivity contribution in [1.29, 1.82) is 0 Å². The van der Waals surface area contributed by atoms with E-state index in [9.17, 15) is 0 Å². The topological polar surface area (TPSA) is 58.8 Å². The minimum absolute atomic E-state index is 0.195. The lowest BCUT2D eigenvalue weighted by Crippen LogP contribution is -2.53. The van der Waals surface area contributed by atoms with Gasteiger partial charge in [-0.25, -0.2) is 0 Å². The van der Waals surface area contributed by atoms with Crippen LogP contribution in [0.3, 0.4) is 0 Å². The molecule has 0 unspecified atom stereocenters. The lowest BCUT2D eigenvalue weighted by Gasteiger charge is -2.32. The number of hydrogen-bond donors (Lipinski definition) is 0. The molecule has 2 aromatic carbocycles. The first-order chi connectivity index (χ1) is 11.9. The molecule has 118 valence electrons. The molecular weight excluding hydrogens is 304 g/mol. The Morgan fingerprint density at radius 2 is 1.50 bits per heavy atom. The van der Waals surface area contributed by atoms with Crippen molar-refractivity contribution in [1.82, 2.24) is 4.90 Å². The summed E-state index contributed by atoms with van der Waals surface area (Å²) >= 11 is 0. The van der Waals surface area contributed by atoms with E-state index in [1.807, 2.05) is 65.6 Å². The van der Waals surface area contributed by atoms with E-state index in [0.717, 1.165) is 22.7 Å². The molecule has 0 fully saturated rings. The van der Waals surface area contributed by atoms with Crippen LogP contribution in [0.25, 0.3) is 0 Å². The summed E-state index contributed by atoms with van der Waals surface area (Å²) in [7, 11) is 0. The van der Waals surface area contributed by atoms with Crippen LogP contribution in [-0.2, 0) is 9.68 Å². The first-order valence-electron chi connectivity index (χ1n) is 7.82. The average Bonchev–Trinajstić information content (AvgIpc) is 3.27. The number of benzene rings is 2. The summed E-state index contributed by atoms with van der Waals surface area (Å²) in [5, 5.41) is 8.52. The van der Waals surface area contributed by atoms with Gasteiger partial charge in [-0.05, 0) is 0 Å². The number of oxime groups is 2. The number of nitrogens with zero attached hydrogens (tertiary/aromatic N) is 4. The first kappa shape index (κ1) is 13.3. The summed E-state index contributed by atoms with van der Waals surface area (Å²) in [6.45, 7) is 0. The third-order valence-corrected chi connectivity index (χ3v) is 4.33. The van der Waals surface area contributed by atoms with Crippen molar-refractivity contribution in [2.75, 3.05) is 0 Å². The van der Waals surface area contributed by atoms with Crippen LogP contribution in [0.2, 0.25) is 0 Å². The molecule has 5 rings (SSSR count). The van der Waals surface area contributed by atoms with Crippen molar-refractivity contribution in [3.05, 3.63) is 71.8 Å². The lowest BCUT2D eigenvalue weighted by molar-refractivity contribution is -0.0647. The van der Waals surface area contributed by atoms with Crippen LogP contribution in [0.15, 0.2) is 76.0 Å². The summed E-state index contributed by atoms with van der Waals surface area (Å²) in [5.74, 6) is 0.742. The molecule has 0 aromatic heterocycles. The average molecular weight is 318 g/mol. The van der Waals surface area contributed by atoms with E-state index in [2.05, 4.69) is 15.3 Å². The normalized spacial score (nSPS) is 26.8. The minimum atomic E-state index is -0.355. The number of aliphatic imine (C=N–C) groups is 1. The number of fused-ring (bicyclic) bond motifs is 3. The predicted octanol–water partition coefficient (Wildman–Crippen LogP) is 2.22. The molecule has 0 spiro atoms. The van der Waals surface area contributed by atoms with Gasteiger partial charge < -0.3 is 9.68 Å². The van der Waals surface area contributed by atoms with Crippen molar-refractivity contribution in [2.24, 2.45) is 15.3 Å². The summed E-state index contributed by atoms with van der Waals surface area (Å²) in [4.78, 5) is 17.8. The van der Waals surface area contributed by atoms with Crippen molar-refractivity contribution >= 4 is 17.8 Å². The van der Waals surface area contributed by atoms with Crippen LogP contribution in [0, 0.1) is 0 Å². The maximum absolute atomic E-state index is 5.73. The highest BCUT2D eigenvalue weighted by Gasteiger charge is 2.48. The van der Waals surface area contributed by atoms with Crippen LogP contribution in [-0.4, -0.2) is 41.2 Å². The molecule has 0 saturated heterocycles. The van der Waals surface area contributed by atoms with Crippen molar-refractivity contribution < 1.29 is 9.68 Å². The fourth-order valence-electron chi connectivity index (χ4n) is 3.18. The summed E-state index contributed by atoms with van der Waals surface area (Å²) in [6.07, 6.45) is 1.07. The van der Waals surface area contributed by atoms with Crippen LogP contribution >= 0.6 is 0 Å². The molecule has 3 aliphatic heterocycles. The highest BCUT2D eigenvalue weighted by molar-refractivity contribution is 6.08. The molecule has 6 heteroatoms. The second kappa shape index (κ2) is 5.19. The van der Waals surface area contributed by atoms with E-state index in [4.69, 9.17) is 9.68 Å². The van der Waals surface area contributed by atoms with E-state index in [0.29, 0.717) is 0 Å². The van der Waals surface area contributed by atoms with Gasteiger partial charge in [-0.1, -0.05) is 71.0 Å². The molecule has 3 atom stereocenters. The van der Waals surface area contributed by atoms with Crippen LogP contribution in [0.5, 0.6) is 0 Å². The number of rotatable bonds is 2. The standard InChI is InChI=1S/C18H14N4O2/c1-3-7-12(8-4-1)15-16-18(24-20-15)22-14(11-19-16)23-21-17(22)13-9-5-2-6-10-13/h1-11,14,16,18H/t14-,16+,18-/m0/s1. The SMILES string of the molecule is C1=N[C@@H]2C(c3ccccc3)=NO[C@@H]2N2C(c3ccccc3)=NO[C@@H]12. The zero-order chi connectivity index (χ0) is 15.9. The van der Waals surface area contributed by atoms with Crippen LogP contribution in [0.1, 0.15) is 11.1 Å². The zero-order valence-electron chi connectivity index (χ0n) is 12.7. The first-order valence-corrected chi connectivity index (χ1v) is 7.82. The van der Waals surface area contributed by atoms with Gasteiger partial charge in [0.1, 0.15) is 5.71 Å². The van der Waals surface area contributed by atoms with E-state index in [-0.39, 0.29) is 18.5 Å². The van der Waals surface area contributed by atoms with Gasteiger partial charge in [0.15, 0.2) is 11.9 Å². The van der Waals surface area contributed by atoms with E-state index < -0.39 is 0 Å². The molecule has 0 N–H and O–H groups in total. The molecule has 0 saturated carbocycles. The molecule has 0 bridgehead atoms. The number of hydrogen-bond acceptors (Lipinski definition) is 6. The maximum Gasteiger partial charge on any atom is 0.239 e. The molecule has 2 aromatic rings. The quantitative estimate of drug-likeness (QED) is 0.853. The third-order valence-electron chi connectivity index (χ3n) is 4.33. The van der Waals surface area contributed by atoms with Gasteiger partial charge in [-0.3, -0.25) is 9.89 Å². The monoisotopic (exact) mass is 318 g/mol. The van der Waals surface area contributed by atoms with Gasteiger partial charge in [0.05, 0.1) is 6.21 Å². The van der Waals surface area contributed by atoms with Crippen molar-refractivity contribution in [3.8, 4) is 0 Å². The summed E-state index contributed by atoms with van der Waals surface area (Å²) < 4.78 is 0. The smallest absolute Gasteiger partial charge is 0.239 e. The largest absolute Gasteiger partial charge is 0.367 e. The Labute approximate surface area is 138 Å². The van der Waals surface area contributed by atoms with Gasteiger partial charge in [-0.2, -0.15) is 0 Å². The highest BCUT2D eigenvalue weighted by atomic mass is 16.7. The van der Waals surface area contributed by atoms with Crippen molar-refractivity contribution in [3.63, 3.8) is 0 Å². The molecule has 6 nitrogen and oxygen atoms in total. The molecular formula is C18H14N4O2. The summed E-state index contributed by atoms with van der Waals surface area (Å²) in [6, 6.07) is 19.7. The Morgan fingerprint density at radius 1 is 0.792 bits per heavy atom. The third kappa shape index (κ3) is 1.93. The molecule has 3 heterocycles. The van der Waals surface area contributed by atoms with Gasteiger partial charge in [0.25, 0.3) is 0 Å². The van der Waals surface area contributed by atoms with Crippen molar-refractivity contribution in [2.45, 2.75) is 18.5 Å². The fraction of sp³-hybridized carbons (Fsp3) is 0.167. The van der Waals surface area contributed by atoms with E-state index >= 15 is 0 Å². The number of amidine groups is 1. The maximum atomic E-state index is 5.73. The van der Waals surface area contributed by atoms with Gasteiger partial charge in [0, 0.05) is 11.1 Å². The molecule has 0 aliphatic carbocycles. The minimum Gasteiger partial charge on any atom is -0.367 e. The Balaban J connectivity index is 1.50. The van der Waals surface area contributed by atoms with Crippen LogP contribution in [0.4, 0.5) is 0 Å². The molecule has 24 heavy (non-hydrogen) atoms. The van der Waals surface area contributed by atoms with E-state index in [1.165, 1.54) is 0 Å². The van der Waals surface area contributed by atoms with Gasteiger partial charge in [-0.15, -0.1) is 0 Å². The Hall–Kier alpha value is -3.15. The highest BCUT2D eigenvalue weighted by Crippen LogP contribution is 2.31. The predicted molar refractivity (Wildman–Crippen MR) is 89.8 cm³/mol.